The summed E-state index contributed by atoms with van der Waals surface area (Å²) in [4.78, 5) is 26.4. The zero-order chi connectivity index (χ0) is 31.3. The average molecular weight is 591 g/mol. The van der Waals surface area contributed by atoms with Gasteiger partial charge < -0.3 is 29.2 Å². The lowest BCUT2D eigenvalue weighted by atomic mass is 9.55. The number of methoxy groups -OCH3 is 1. The minimum Gasteiger partial charge on any atom is -0.497 e. The number of aliphatic hydroxyl groups excluding tert-OH is 1. The standard InChI is InChI=1S/C34H54O8/c1-23-19-25-21-28(42-30(37)32(5,6)7)34(38,16-10-18-40-22-24-11-13-26(39-8)14-12-24)33(25,15-9-17-35)27(20-23)41-29(36)31(2,3)4/h11-14,23,25,27-28,35,38H,9-10,15-22H2,1-8H3/t23?,25?,27?,28-,33?,34+/m1/s1. The fourth-order valence-corrected chi connectivity index (χ4v) is 6.94. The van der Waals surface area contributed by atoms with Gasteiger partial charge in [0, 0.05) is 18.6 Å². The minimum atomic E-state index is -1.46. The normalized spacial score (nSPS) is 29.6. The molecule has 4 unspecified atom stereocenters. The molecular weight excluding hydrogens is 536 g/mol. The maximum absolute atomic E-state index is 13.3. The summed E-state index contributed by atoms with van der Waals surface area (Å²) in [5, 5.41) is 22.8. The van der Waals surface area contributed by atoms with Crippen molar-refractivity contribution in [1.29, 1.82) is 0 Å². The molecule has 0 radical (unpaired) electrons. The number of fused-ring (bicyclic) bond motifs is 1. The summed E-state index contributed by atoms with van der Waals surface area (Å²) >= 11 is 0. The lowest BCUT2D eigenvalue weighted by molar-refractivity contribution is -0.225. The maximum Gasteiger partial charge on any atom is 0.311 e. The molecule has 0 aliphatic heterocycles. The molecule has 2 aliphatic carbocycles. The van der Waals surface area contributed by atoms with E-state index in [1.807, 2.05) is 45.0 Å². The first-order valence-corrected chi connectivity index (χ1v) is 15.5. The highest BCUT2D eigenvalue weighted by atomic mass is 16.6. The van der Waals surface area contributed by atoms with Crippen LogP contribution in [0, 0.1) is 28.1 Å². The Morgan fingerprint density at radius 2 is 1.48 bits per heavy atom. The largest absolute Gasteiger partial charge is 0.497 e. The number of rotatable bonds is 12. The summed E-state index contributed by atoms with van der Waals surface area (Å²) in [7, 11) is 1.63. The molecule has 2 aliphatic rings. The Bertz CT molecular complexity index is 1040. The Morgan fingerprint density at radius 1 is 0.881 bits per heavy atom. The van der Waals surface area contributed by atoms with Crippen LogP contribution in [0.1, 0.15) is 99.0 Å². The van der Waals surface area contributed by atoms with E-state index in [-0.39, 0.29) is 30.4 Å². The molecule has 8 nitrogen and oxygen atoms in total. The third kappa shape index (κ3) is 7.48. The molecule has 8 heteroatoms. The van der Waals surface area contributed by atoms with Gasteiger partial charge >= 0.3 is 11.9 Å². The van der Waals surface area contributed by atoms with Gasteiger partial charge in [-0.1, -0.05) is 19.1 Å². The number of esters is 2. The number of carbonyl (C=O) groups excluding carboxylic acids is 2. The molecule has 3 rings (SSSR count). The van der Waals surface area contributed by atoms with Gasteiger partial charge in [-0.25, -0.2) is 0 Å². The zero-order valence-electron chi connectivity index (χ0n) is 27.0. The molecule has 1 aromatic carbocycles. The zero-order valence-corrected chi connectivity index (χ0v) is 27.0. The van der Waals surface area contributed by atoms with Crippen molar-refractivity contribution in [1.82, 2.24) is 0 Å². The number of hydrogen-bond acceptors (Lipinski definition) is 8. The number of ether oxygens (including phenoxy) is 4. The molecule has 2 N–H and O–H groups in total. The van der Waals surface area contributed by atoms with E-state index in [1.54, 1.807) is 27.9 Å². The predicted molar refractivity (Wildman–Crippen MR) is 161 cm³/mol. The summed E-state index contributed by atoms with van der Waals surface area (Å²) in [5.74, 6) is 0.333. The number of hydrogen-bond donors (Lipinski definition) is 2. The van der Waals surface area contributed by atoms with Gasteiger partial charge in [0.2, 0.25) is 0 Å². The van der Waals surface area contributed by atoms with E-state index in [1.165, 1.54) is 0 Å². The van der Waals surface area contributed by atoms with E-state index >= 15 is 0 Å². The number of carbonyl (C=O) groups is 2. The van der Waals surface area contributed by atoms with Crippen molar-refractivity contribution in [2.45, 2.75) is 118 Å². The number of benzene rings is 1. The van der Waals surface area contributed by atoms with Crippen LogP contribution in [-0.2, 0) is 30.4 Å². The van der Waals surface area contributed by atoms with Crippen LogP contribution in [0.15, 0.2) is 24.3 Å². The van der Waals surface area contributed by atoms with E-state index < -0.39 is 34.1 Å². The molecule has 42 heavy (non-hydrogen) atoms. The van der Waals surface area contributed by atoms with Crippen LogP contribution in [-0.4, -0.2) is 60.3 Å². The van der Waals surface area contributed by atoms with Crippen molar-refractivity contribution < 1.29 is 38.7 Å². The summed E-state index contributed by atoms with van der Waals surface area (Å²) < 4.78 is 23.7. The Balaban J connectivity index is 1.92. The molecule has 2 saturated carbocycles. The van der Waals surface area contributed by atoms with Crippen molar-refractivity contribution >= 4 is 11.9 Å². The molecule has 2 fully saturated rings. The van der Waals surface area contributed by atoms with Crippen LogP contribution in [0.4, 0.5) is 0 Å². The monoisotopic (exact) mass is 590 g/mol. The van der Waals surface area contributed by atoms with Gasteiger partial charge in [-0.3, -0.25) is 9.59 Å². The Morgan fingerprint density at radius 3 is 2.02 bits per heavy atom. The van der Waals surface area contributed by atoms with Crippen molar-refractivity contribution in [3.05, 3.63) is 29.8 Å². The Hall–Kier alpha value is -2.16. The highest BCUT2D eigenvalue weighted by molar-refractivity contribution is 5.76. The lowest BCUT2D eigenvalue weighted by Gasteiger charge is -2.54. The lowest BCUT2D eigenvalue weighted by Crippen LogP contribution is -2.62. The number of aliphatic hydroxyl groups is 2. The molecule has 0 saturated heterocycles. The SMILES string of the molecule is COc1ccc(COCCC[C@]2(O)[C@H](OC(=O)C(C)(C)C)CC3CC(C)CC(OC(=O)C(C)(C)C)C32CCCO)cc1. The molecule has 1 aromatic rings. The predicted octanol–water partition coefficient (Wildman–Crippen LogP) is 5.85. The van der Waals surface area contributed by atoms with Gasteiger partial charge in [0.25, 0.3) is 0 Å². The smallest absolute Gasteiger partial charge is 0.311 e. The summed E-state index contributed by atoms with van der Waals surface area (Å²) in [5.41, 5.74) is -2.75. The maximum atomic E-state index is 13.3. The first kappa shape index (κ1) is 34.3. The first-order valence-electron chi connectivity index (χ1n) is 15.5. The van der Waals surface area contributed by atoms with E-state index in [0.717, 1.165) is 17.7 Å². The Kier molecular flexibility index (Phi) is 11.2. The second kappa shape index (κ2) is 13.6. The van der Waals surface area contributed by atoms with Gasteiger partial charge in [0.05, 0.1) is 24.5 Å². The van der Waals surface area contributed by atoms with Gasteiger partial charge in [-0.15, -0.1) is 0 Å². The third-order valence-corrected chi connectivity index (χ3v) is 9.19. The molecule has 6 atom stereocenters. The van der Waals surface area contributed by atoms with Crippen LogP contribution < -0.4 is 4.74 Å². The van der Waals surface area contributed by atoms with E-state index in [0.29, 0.717) is 51.7 Å². The second-order valence-electron chi connectivity index (χ2n) is 14.6. The van der Waals surface area contributed by atoms with Gasteiger partial charge in [-0.05, 0) is 116 Å². The summed E-state index contributed by atoms with van der Waals surface area (Å²) in [6.45, 7) is 13.8. The van der Waals surface area contributed by atoms with Crippen LogP contribution >= 0.6 is 0 Å². The van der Waals surface area contributed by atoms with Crippen LogP contribution in [0.25, 0.3) is 0 Å². The molecule has 238 valence electrons. The van der Waals surface area contributed by atoms with Crippen LogP contribution in [0.5, 0.6) is 5.75 Å². The third-order valence-electron chi connectivity index (χ3n) is 9.19. The molecule has 0 heterocycles. The van der Waals surface area contributed by atoms with Crippen molar-refractivity contribution in [3.63, 3.8) is 0 Å². The fraction of sp³-hybridized carbons (Fsp3) is 0.765. The van der Waals surface area contributed by atoms with E-state index in [4.69, 9.17) is 18.9 Å². The molecule has 0 amide bonds. The first-order chi connectivity index (χ1) is 19.6. The van der Waals surface area contributed by atoms with Gasteiger partial charge in [0.15, 0.2) is 0 Å². The highest BCUT2D eigenvalue weighted by Crippen LogP contribution is 2.64. The molecule has 0 bridgehead atoms. The Labute approximate surface area is 252 Å². The minimum absolute atomic E-state index is 0.0337. The molecule has 0 spiro atoms. The van der Waals surface area contributed by atoms with E-state index in [2.05, 4.69) is 6.92 Å². The average Bonchev–Trinajstić information content (AvgIpc) is 3.14. The fourth-order valence-electron chi connectivity index (χ4n) is 6.94. The topological polar surface area (TPSA) is 112 Å². The second-order valence-corrected chi connectivity index (χ2v) is 14.6. The van der Waals surface area contributed by atoms with E-state index in [9.17, 15) is 19.8 Å². The van der Waals surface area contributed by atoms with Crippen LogP contribution in [0.3, 0.4) is 0 Å². The molecular formula is C34H54O8. The molecule has 0 aromatic heterocycles. The van der Waals surface area contributed by atoms with Gasteiger partial charge in [-0.2, -0.15) is 0 Å². The van der Waals surface area contributed by atoms with Crippen molar-refractivity contribution in [2.75, 3.05) is 20.3 Å². The highest BCUT2D eigenvalue weighted by Gasteiger charge is 2.70. The van der Waals surface area contributed by atoms with Crippen LogP contribution in [0.2, 0.25) is 0 Å². The summed E-state index contributed by atoms with van der Waals surface area (Å²) in [6.07, 6.45) is 2.37. The van der Waals surface area contributed by atoms with Gasteiger partial charge in [0.1, 0.15) is 23.6 Å². The summed E-state index contributed by atoms with van der Waals surface area (Å²) in [6, 6.07) is 7.69. The van der Waals surface area contributed by atoms with Crippen molar-refractivity contribution in [2.24, 2.45) is 28.1 Å². The van der Waals surface area contributed by atoms with Crippen molar-refractivity contribution in [3.8, 4) is 5.75 Å². The quantitative estimate of drug-likeness (QED) is 0.230.